The van der Waals surface area contributed by atoms with Gasteiger partial charge >= 0.3 is 0 Å². The van der Waals surface area contributed by atoms with Gasteiger partial charge < -0.3 is 9.47 Å². The average Bonchev–Trinajstić information content (AvgIpc) is 2.53. The van der Waals surface area contributed by atoms with E-state index in [9.17, 15) is 4.79 Å². The molecule has 0 saturated heterocycles. The molecule has 0 aromatic heterocycles. The molecule has 0 radical (unpaired) electrons. The van der Waals surface area contributed by atoms with Gasteiger partial charge in [-0.2, -0.15) is 0 Å². The second-order valence-corrected chi connectivity index (χ2v) is 5.44. The number of rotatable bonds is 7. The minimum atomic E-state index is 0.0458. The van der Waals surface area contributed by atoms with Crippen molar-refractivity contribution in [3.8, 4) is 5.75 Å². The molecular formula is C19H22O3. The summed E-state index contributed by atoms with van der Waals surface area (Å²) in [4.78, 5) is 12.3. The van der Waals surface area contributed by atoms with E-state index in [-0.39, 0.29) is 5.78 Å². The fourth-order valence-corrected chi connectivity index (χ4v) is 2.16. The van der Waals surface area contributed by atoms with E-state index in [2.05, 4.69) is 19.1 Å². The molecule has 0 saturated carbocycles. The molecule has 0 atom stereocenters. The lowest BCUT2D eigenvalue weighted by atomic mass is 10.0. The largest absolute Gasteiger partial charge is 0.488 e. The van der Waals surface area contributed by atoms with Crippen molar-refractivity contribution in [2.24, 2.45) is 0 Å². The van der Waals surface area contributed by atoms with Crippen molar-refractivity contribution in [3.63, 3.8) is 0 Å². The van der Waals surface area contributed by atoms with Gasteiger partial charge in [-0.25, -0.2) is 0 Å². The highest BCUT2D eigenvalue weighted by Gasteiger charge is 2.13. The van der Waals surface area contributed by atoms with E-state index in [1.807, 2.05) is 37.3 Å². The van der Waals surface area contributed by atoms with Gasteiger partial charge in [-0.15, -0.1) is 0 Å². The molecule has 2 aromatic rings. The lowest BCUT2D eigenvalue weighted by Gasteiger charge is -2.12. The van der Waals surface area contributed by atoms with Crippen LogP contribution in [-0.4, -0.2) is 19.5 Å². The molecule has 0 bridgehead atoms. The van der Waals surface area contributed by atoms with Crippen LogP contribution in [0.25, 0.3) is 0 Å². The molecular weight excluding hydrogens is 276 g/mol. The standard InChI is InChI=1S/C19H22O3/c1-14-4-7-16(8-5-14)13-22-19-9-6-15(2)12-17(19)18(20)10-11-21-3/h4-9,12H,10-11,13H2,1-3H3. The number of hydrogen-bond donors (Lipinski definition) is 0. The van der Waals surface area contributed by atoms with Crippen molar-refractivity contribution >= 4 is 5.78 Å². The van der Waals surface area contributed by atoms with E-state index in [1.54, 1.807) is 7.11 Å². The Labute approximate surface area is 131 Å². The minimum Gasteiger partial charge on any atom is -0.488 e. The summed E-state index contributed by atoms with van der Waals surface area (Å²) in [5, 5.41) is 0. The van der Waals surface area contributed by atoms with Crippen LogP contribution >= 0.6 is 0 Å². The van der Waals surface area contributed by atoms with Gasteiger partial charge in [-0.3, -0.25) is 4.79 Å². The maximum absolute atomic E-state index is 12.3. The maximum Gasteiger partial charge on any atom is 0.168 e. The Morgan fingerprint density at radius 3 is 2.36 bits per heavy atom. The molecule has 3 nitrogen and oxygen atoms in total. The Morgan fingerprint density at radius 1 is 1.00 bits per heavy atom. The number of hydrogen-bond acceptors (Lipinski definition) is 3. The molecule has 116 valence electrons. The van der Waals surface area contributed by atoms with Gasteiger partial charge in [0, 0.05) is 13.5 Å². The van der Waals surface area contributed by atoms with E-state index < -0.39 is 0 Å². The molecule has 2 rings (SSSR count). The fraction of sp³-hybridized carbons (Fsp3) is 0.316. The van der Waals surface area contributed by atoms with Crippen LogP contribution in [0.5, 0.6) is 5.75 Å². The first-order valence-electron chi connectivity index (χ1n) is 7.41. The van der Waals surface area contributed by atoms with Crippen LogP contribution in [0, 0.1) is 13.8 Å². The molecule has 0 fully saturated rings. The summed E-state index contributed by atoms with van der Waals surface area (Å²) in [5.74, 6) is 0.678. The van der Waals surface area contributed by atoms with Gasteiger partial charge in [0.25, 0.3) is 0 Å². The van der Waals surface area contributed by atoms with E-state index in [0.717, 1.165) is 11.1 Å². The molecule has 0 spiro atoms. The molecule has 0 amide bonds. The van der Waals surface area contributed by atoms with Crippen molar-refractivity contribution in [3.05, 3.63) is 64.7 Å². The van der Waals surface area contributed by atoms with Crippen LogP contribution in [0.1, 0.15) is 33.5 Å². The van der Waals surface area contributed by atoms with Crippen molar-refractivity contribution in [2.75, 3.05) is 13.7 Å². The lowest BCUT2D eigenvalue weighted by molar-refractivity contribution is 0.0928. The van der Waals surface area contributed by atoms with E-state index in [4.69, 9.17) is 9.47 Å². The first kappa shape index (κ1) is 16.2. The first-order chi connectivity index (χ1) is 10.6. The second kappa shape index (κ2) is 7.76. The number of aryl methyl sites for hydroxylation is 2. The van der Waals surface area contributed by atoms with Crippen LogP contribution in [0.2, 0.25) is 0 Å². The SMILES string of the molecule is COCCC(=O)c1cc(C)ccc1OCc1ccc(C)cc1. The Morgan fingerprint density at radius 2 is 1.68 bits per heavy atom. The molecule has 0 unspecified atom stereocenters. The minimum absolute atomic E-state index is 0.0458. The summed E-state index contributed by atoms with van der Waals surface area (Å²) in [6.45, 7) is 4.89. The van der Waals surface area contributed by atoms with E-state index in [0.29, 0.717) is 30.9 Å². The topological polar surface area (TPSA) is 35.5 Å². The smallest absolute Gasteiger partial charge is 0.168 e. The monoisotopic (exact) mass is 298 g/mol. The van der Waals surface area contributed by atoms with Crippen LogP contribution in [-0.2, 0) is 11.3 Å². The zero-order valence-electron chi connectivity index (χ0n) is 13.4. The van der Waals surface area contributed by atoms with E-state index in [1.165, 1.54) is 5.56 Å². The number of carbonyl (C=O) groups is 1. The van der Waals surface area contributed by atoms with Gasteiger partial charge in [-0.1, -0.05) is 41.5 Å². The van der Waals surface area contributed by atoms with Crippen molar-refractivity contribution in [2.45, 2.75) is 26.9 Å². The molecule has 22 heavy (non-hydrogen) atoms. The van der Waals surface area contributed by atoms with Crippen molar-refractivity contribution < 1.29 is 14.3 Å². The number of benzene rings is 2. The predicted octanol–water partition coefficient (Wildman–Crippen LogP) is 4.10. The van der Waals surface area contributed by atoms with Crippen molar-refractivity contribution in [1.82, 2.24) is 0 Å². The quantitative estimate of drug-likeness (QED) is 0.722. The summed E-state index contributed by atoms with van der Waals surface area (Å²) in [5.41, 5.74) is 3.98. The number of Topliss-reactive ketones (excluding diaryl/α,β-unsaturated/α-hetero) is 1. The highest BCUT2D eigenvalue weighted by atomic mass is 16.5. The Balaban J connectivity index is 2.12. The number of methoxy groups -OCH3 is 1. The molecule has 0 aliphatic rings. The van der Waals surface area contributed by atoms with Crippen LogP contribution in [0.3, 0.4) is 0 Å². The number of ether oxygens (including phenoxy) is 2. The fourth-order valence-electron chi connectivity index (χ4n) is 2.16. The van der Waals surface area contributed by atoms with Crippen molar-refractivity contribution in [1.29, 1.82) is 0 Å². The Bertz CT molecular complexity index is 630. The number of ketones is 1. The van der Waals surface area contributed by atoms with Crippen LogP contribution in [0.4, 0.5) is 0 Å². The van der Waals surface area contributed by atoms with Gasteiger partial charge in [0.2, 0.25) is 0 Å². The maximum atomic E-state index is 12.3. The molecule has 3 heteroatoms. The molecule has 0 heterocycles. The first-order valence-corrected chi connectivity index (χ1v) is 7.41. The van der Waals surface area contributed by atoms with Gasteiger partial charge in [-0.05, 0) is 31.5 Å². The van der Waals surface area contributed by atoms with Gasteiger partial charge in [0.15, 0.2) is 5.78 Å². The molecule has 0 N–H and O–H groups in total. The summed E-state index contributed by atoms with van der Waals surface area (Å²) in [7, 11) is 1.60. The molecule has 0 aliphatic carbocycles. The summed E-state index contributed by atoms with van der Waals surface area (Å²) in [6.07, 6.45) is 0.362. The highest BCUT2D eigenvalue weighted by molar-refractivity contribution is 5.98. The third-order valence-corrected chi connectivity index (χ3v) is 3.48. The normalized spacial score (nSPS) is 10.5. The number of carbonyl (C=O) groups excluding carboxylic acids is 1. The third kappa shape index (κ3) is 4.43. The third-order valence-electron chi connectivity index (χ3n) is 3.48. The Kier molecular flexibility index (Phi) is 5.73. The molecule has 2 aromatic carbocycles. The highest BCUT2D eigenvalue weighted by Crippen LogP contribution is 2.23. The molecule has 0 aliphatic heterocycles. The van der Waals surface area contributed by atoms with Crippen LogP contribution < -0.4 is 4.74 Å². The zero-order valence-corrected chi connectivity index (χ0v) is 13.4. The summed E-state index contributed by atoms with van der Waals surface area (Å²) >= 11 is 0. The van der Waals surface area contributed by atoms with Gasteiger partial charge in [0.05, 0.1) is 12.2 Å². The zero-order chi connectivity index (χ0) is 15.9. The van der Waals surface area contributed by atoms with E-state index >= 15 is 0 Å². The average molecular weight is 298 g/mol. The van der Waals surface area contributed by atoms with Crippen LogP contribution in [0.15, 0.2) is 42.5 Å². The second-order valence-electron chi connectivity index (χ2n) is 5.44. The predicted molar refractivity (Wildman–Crippen MR) is 87.5 cm³/mol. The van der Waals surface area contributed by atoms with Gasteiger partial charge in [0.1, 0.15) is 12.4 Å². The summed E-state index contributed by atoms with van der Waals surface area (Å²) in [6, 6.07) is 13.9. The lowest BCUT2D eigenvalue weighted by Crippen LogP contribution is -2.07. The summed E-state index contributed by atoms with van der Waals surface area (Å²) < 4.78 is 10.8. The Hall–Kier alpha value is -2.13.